The molecule has 0 atom stereocenters. The number of thioether (sulfide) groups is 1. The molecule has 5 nitrogen and oxygen atoms in total. The largest absolute Gasteiger partial charge is 0.478 e. The second-order valence-corrected chi connectivity index (χ2v) is 8.97. The van der Waals surface area contributed by atoms with Crippen LogP contribution in [-0.4, -0.2) is 26.0 Å². The normalized spacial score (nSPS) is 11.4. The summed E-state index contributed by atoms with van der Waals surface area (Å²) in [5.41, 5.74) is 0.554. The van der Waals surface area contributed by atoms with E-state index in [1.165, 1.54) is 25.4 Å². The van der Waals surface area contributed by atoms with Gasteiger partial charge in [-0.25, -0.2) is 9.78 Å². The lowest BCUT2D eigenvalue weighted by molar-refractivity contribution is -0.152. The highest BCUT2D eigenvalue weighted by atomic mass is 35.5. The fraction of sp³-hybridized carbons (Fsp3) is 0.250. The number of nitrogens with zero attached hydrogens (tertiary/aromatic N) is 2. The van der Waals surface area contributed by atoms with Crippen molar-refractivity contribution < 1.29 is 14.6 Å². The number of benzene rings is 2. The molecule has 1 N–H and O–H groups in total. The van der Waals surface area contributed by atoms with Crippen molar-refractivity contribution in [3.8, 4) is 17.1 Å². The van der Waals surface area contributed by atoms with E-state index in [1.54, 1.807) is 11.8 Å². The fourth-order valence-electron chi connectivity index (χ4n) is 2.32. The van der Waals surface area contributed by atoms with Crippen molar-refractivity contribution >= 4 is 40.9 Å². The van der Waals surface area contributed by atoms with Gasteiger partial charge in [0, 0.05) is 15.5 Å². The van der Waals surface area contributed by atoms with Gasteiger partial charge in [-0.15, -0.1) is 11.8 Å². The van der Waals surface area contributed by atoms with Gasteiger partial charge in [-0.1, -0.05) is 11.6 Å². The molecule has 3 rings (SSSR count). The molecular weight excluding hydrogens is 416 g/mol. The van der Waals surface area contributed by atoms with Gasteiger partial charge in [0.15, 0.2) is 11.4 Å². The van der Waals surface area contributed by atoms with E-state index in [4.69, 9.17) is 16.3 Å². The molecule has 0 bridgehead atoms. The maximum atomic E-state index is 11.2. The molecular formula is C20H19ClN2O3S2. The molecule has 0 unspecified atom stereocenters. The third-order valence-electron chi connectivity index (χ3n) is 3.96. The predicted molar refractivity (Wildman–Crippen MR) is 113 cm³/mol. The highest BCUT2D eigenvalue weighted by Gasteiger charge is 2.29. The molecule has 0 radical (unpaired) electrons. The Balaban J connectivity index is 1.64. The number of carboxylic acid groups (broad SMARTS) is 1. The number of aryl methyl sites for hydroxylation is 1. The number of aromatic nitrogens is 2. The Kier molecular flexibility index (Phi) is 6.27. The van der Waals surface area contributed by atoms with Gasteiger partial charge in [-0.2, -0.15) is 4.37 Å². The van der Waals surface area contributed by atoms with Crippen LogP contribution in [0.2, 0.25) is 5.02 Å². The lowest BCUT2D eigenvalue weighted by Gasteiger charge is -2.22. The number of hydrogen-bond acceptors (Lipinski definition) is 6. The van der Waals surface area contributed by atoms with Crippen molar-refractivity contribution in [2.45, 2.75) is 37.0 Å². The summed E-state index contributed by atoms with van der Waals surface area (Å²) >= 11 is 8.94. The molecule has 1 heterocycles. The maximum absolute atomic E-state index is 11.2. The van der Waals surface area contributed by atoms with Crippen LogP contribution in [0.3, 0.4) is 0 Å². The summed E-state index contributed by atoms with van der Waals surface area (Å²) in [5, 5.41) is 10.8. The number of halogens is 1. The van der Waals surface area contributed by atoms with Crippen LogP contribution in [0.1, 0.15) is 24.4 Å². The minimum absolute atomic E-state index is 0.567. The van der Waals surface area contributed by atoms with Crippen LogP contribution < -0.4 is 4.74 Å². The van der Waals surface area contributed by atoms with Crippen LogP contribution in [0.5, 0.6) is 5.75 Å². The molecule has 146 valence electrons. The van der Waals surface area contributed by atoms with Gasteiger partial charge < -0.3 is 9.84 Å². The smallest absolute Gasteiger partial charge is 0.347 e. The average molecular weight is 435 g/mol. The lowest BCUT2D eigenvalue weighted by atomic mass is 10.1. The van der Waals surface area contributed by atoms with E-state index in [-0.39, 0.29) is 0 Å². The fourth-order valence-corrected chi connectivity index (χ4v) is 4.08. The predicted octanol–water partition coefficient (Wildman–Crippen LogP) is 5.70. The first-order chi connectivity index (χ1) is 13.2. The second kappa shape index (κ2) is 8.51. The molecule has 0 aliphatic rings. The molecule has 2 aromatic carbocycles. The van der Waals surface area contributed by atoms with E-state index < -0.39 is 11.6 Å². The lowest BCUT2D eigenvalue weighted by Crippen LogP contribution is -2.38. The zero-order chi connectivity index (χ0) is 20.3. The first-order valence-electron chi connectivity index (χ1n) is 8.49. The molecule has 0 spiro atoms. The average Bonchev–Trinajstić information content (AvgIpc) is 3.11. The van der Waals surface area contributed by atoms with Crippen molar-refractivity contribution in [3.05, 3.63) is 58.1 Å². The molecule has 0 fully saturated rings. The Morgan fingerprint density at radius 3 is 2.61 bits per heavy atom. The van der Waals surface area contributed by atoms with Gasteiger partial charge in [0.1, 0.15) is 10.8 Å². The van der Waals surface area contributed by atoms with Gasteiger partial charge in [0.05, 0.1) is 5.75 Å². The number of aliphatic carboxylic acids is 1. The van der Waals surface area contributed by atoms with Crippen LogP contribution in [-0.2, 0) is 10.5 Å². The Morgan fingerprint density at radius 2 is 1.96 bits per heavy atom. The maximum Gasteiger partial charge on any atom is 0.347 e. The zero-order valence-electron chi connectivity index (χ0n) is 15.6. The number of rotatable bonds is 7. The van der Waals surface area contributed by atoms with Gasteiger partial charge in [0.25, 0.3) is 0 Å². The van der Waals surface area contributed by atoms with Gasteiger partial charge in [0.2, 0.25) is 0 Å². The Morgan fingerprint density at radius 1 is 1.25 bits per heavy atom. The Bertz CT molecular complexity index is 987. The summed E-state index contributed by atoms with van der Waals surface area (Å²) in [5.74, 6) is 0.967. The third kappa shape index (κ3) is 5.04. The van der Waals surface area contributed by atoms with Crippen molar-refractivity contribution in [1.82, 2.24) is 9.36 Å². The van der Waals surface area contributed by atoms with Crippen molar-refractivity contribution in [1.29, 1.82) is 0 Å². The second-order valence-electron chi connectivity index (χ2n) is 6.65. The van der Waals surface area contributed by atoms with Crippen molar-refractivity contribution in [2.24, 2.45) is 0 Å². The Labute approximate surface area is 176 Å². The topological polar surface area (TPSA) is 72.3 Å². The molecule has 28 heavy (non-hydrogen) atoms. The summed E-state index contributed by atoms with van der Waals surface area (Å²) in [6.07, 6.45) is 0. The van der Waals surface area contributed by atoms with Crippen LogP contribution in [0.4, 0.5) is 0 Å². The van der Waals surface area contributed by atoms with Gasteiger partial charge >= 0.3 is 5.97 Å². The van der Waals surface area contributed by atoms with Gasteiger partial charge in [-0.05, 0) is 80.3 Å². The summed E-state index contributed by atoms with van der Waals surface area (Å²) in [7, 11) is 0. The number of hydrogen-bond donors (Lipinski definition) is 1. The number of carbonyl (C=O) groups is 1. The summed E-state index contributed by atoms with van der Waals surface area (Å²) in [6.45, 7) is 4.97. The molecule has 8 heteroatoms. The highest BCUT2D eigenvalue weighted by Crippen LogP contribution is 2.31. The minimum atomic E-state index is -1.27. The monoisotopic (exact) mass is 434 g/mol. The first-order valence-corrected chi connectivity index (χ1v) is 10.6. The van der Waals surface area contributed by atoms with E-state index in [0.717, 1.165) is 21.0 Å². The molecule has 1 aromatic heterocycles. The van der Waals surface area contributed by atoms with E-state index >= 15 is 0 Å². The van der Waals surface area contributed by atoms with E-state index in [9.17, 15) is 9.90 Å². The number of carboxylic acids is 1. The molecule has 3 aromatic rings. The molecule has 0 saturated heterocycles. The highest BCUT2D eigenvalue weighted by molar-refractivity contribution is 7.98. The summed E-state index contributed by atoms with van der Waals surface area (Å²) in [4.78, 5) is 16.9. The van der Waals surface area contributed by atoms with E-state index in [0.29, 0.717) is 22.3 Å². The molecule has 0 saturated carbocycles. The summed E-state index contributed by atoms with van der Waals surface area (Å²) < 4.78 is 10.0. The zero-order valence-corrected chi connectivity index (χ0v) is 18.0. The standard InChI is InChI=1S/C20H19ClN2O3S2/c1-12-10-15(8-9-16(12)26-20(2,3)19(24)25)27-11-17-22-18(23-28-17)13-4-6-14(21)7-5-13/h4-10H,11H2,1-3H3,(H,24,25). The van der Waals surface area contributed by atoms with Crippen LogP contribution in [0.15, 0.2) is 47.4 Å². The summed E-state index contributed by atoms with van der Waals surface area (Å²) in [6, 6.07) is 13.2. The SMILES string of the molecule is Cc1cc(SCc2nc(-c3ccc(Cl)cc3)ns2)ccc1OC(C)(C)C(=O)O. The van der Waals surface area contributed by atoms with E-state index in [1.807, 2.05) is 49.4 Å². The van der Waals surface area contributed by atoms with Crippen molar-refractivity contribution in [3.63, 3.8) is 0 Å². The van der Waals surface area contributed by atoms with Crippen LogP contribution >= 0.6 is 34.9 Å². The molecule has 0 aliphatic carbocycles. The quantitative estimate of drug-likeness (QED) is 0.481. The Hall–Kier alpha value is -2.09. The van der Waals surface area contributed by atoms with Crippen LogP contribution in [0.25, 0.3) is 11.4 Å². The van der Waals surface area contributed by atoms with Gasteiger partial charge in [-0.3, -0.25) is 0 Å². The minimum Gasteiger partial charge on any atom is -0.478 e. The van der Waals surface area contributed by atoms with E-state index in [2.05, 4.69) is 9.36 Å². The first kappa shape index (κ1) is 20.6. The molecule has 0 amide bonds. The van der Waals surface area contributed by atoms with Crippen molar-refractivity contribution in [2.75, 3.05) is 0 Å². The third-order valence-corrected chi connectivity index (χ3v) is 6.11. The molecule has 0 aliphatic heterocycles. The van der Waals surface area contributed by atoms with Crippen LogP contribution in [0, 0.1) is 6.92 Å². The number of ether oxygens (including phenoxy) is 1.